The second-order valence-corrected chi connectivity index (χ2v) is 26.1. The molecule has 1 fully saturated rings. The molecule has 19 heteroatoms. The third-order valence-corrected chi connectivity index (χ3v) is 18.2. The lowest BCUT2D eigenvalue weighted by molar-refractivity contribution is 0.242. The third-order valence-electron chi connectivity index (χ3n) is 17.3. The first-order valence-electron chi connectivity index (χ1n) is 37.2. The number of thiophene rings is 1. The minimum Gasteiger partial charge on any atom is -0.386 e. The maximum absolute atomic E-state index is 4.48. The van der Waals surface area contributed by atoms with Gasteiger partial charge in [-0.05, 0) is 154 Å². The topological polar surface area (TPSA) is 182 Å². The zero-order chi connectivity index (χ0) is 73.0. The number of hydrogen-bond donors (Lipinski definition) is 7. The molecule has 12 rings (SSSR count). The van der Waals surface area contributed by atoms with Crippen molar-refractivity contribution in [2.45, 2.75) is 86.3 Å². The van der Waals surface area contributed by atoms with Gasteiger partial charge in [-0.25, -0.2) is 0 Å². The molecule has 0 bridgehead atoms. The number of pyridine rings is 6. The number of nitrogens with zero attached hydrogens (tertiary/aromatic N) is 11. The zero-order valence-electron chi connectivity index (χ0n) is 62.7. The Labute approximate surface area is 625 Å². The van der Waals surface area contributed by atoms with Crippen LogP contribution in [0.2, 0.25) is 0 Å². The predicted octanol–water partition coefficient (Wildman–Crippen LogP) is 13.5. The number of benzene rings is 3. The van der Waals surface area contributed by atoms with Gasteiger partial charge in [0.05, 0.1) is 34.0 Å². The number of hydrogen-bond acceptors (Lipinski definition) is 18. The summed E-state index contributed by atoms with van der Waals surface area (Å²) in [6.45, 7) is 32.2. The van der Waals surface area contributed by atoms with Gasteiger partial charge in [0.25, 0.3) is 0 Å². The Bertz CT molecular complexity index is 3710. The van der Waals surface area contributed by atoms with E-state index in [0.717, 1.165) is 197 Å². The molecule has 0 saturated carbocycles. The lowest BCUT2D eigenvalue weighted by Gasteiger charge is -2.23. The molecule has 1 saturated heterocycles. The van der Waals surface area contributed by atoms with E-state index in [2.05, 4.69) is 246 Å². The van der Waals surface area contributed by atoms with Gasteiger partial charge in [0.1, 0.15) is 0 Å². The Morgan fingerprint density at radius 2 is 0.942 bits per heavy atom. The summed E-state index contributed by atoms with van der Waals surface area (Å²) in [6.07, 6.45) is 15.2. The van der Waals surface area contributed by atoms with Gasteiger partial charge in [0, 0.05) is 215 Å². The number of rotatable bonds is 29. The molecule has 1 aliphatic heterocycles. The molecule has 1 aliphatic rings. The number of para-hydroxylation sites is 2. The summed E-state index contributed by atoms with van der Waals surface area (Å²) in [7, 11) is 3.91. The Balaban J connectivity index is 0.000000177. The molecule has 0 atom stereocenters. The highest BCUT2D eigenvalue weighted by Crippen LogP contribution is 2.22. The molecular formula is C85H116N18S. The van der Waals surface area contributed by atoms with Gasteiger partial charge < -0.3 is 46.7 Å². The van der Waals surface area contributed by atoms with E-state index < -0.39 is 0 Å². The van der Waals surface area contributed by atoms with Gasteiger partial charge in [0.2, 0.25) is 0 Å². The number of aromatic amines is 1. The van der Waals surface area contributed by atoms with Crippen molar-refractivity contribution in [2.24, 2.45) is 0 Å². The maximum Gasteiger partial charge on any atom is 0.0933 e. The van der Waals surface area contributed by atoms with Crippen molar-refractivity contribution in [1.29, 1.82) is 0 Å². The molecule has 0 unspecified atom stereocenters. The van der Waals surface area contributed by atoms with E-state index in [9.17, 15) is 0 Å². The van der Waals surface area contributed by atoms with E-state index >= 15 is 0 Å². The molecule has 0 amide bonds. The lowest BCUT2D eigenvalue weighted by atomic mass is 10.1. The Hall–Kier alpha value is -8.96. The Morgan fingerprint density at radius 3 is 1.46 bits per heavy atom. The van der Waals surface area contributed by atoms with Crippen LogP contribution < -0.4 is 31.9 Å². The molecule has 18 nitrogen and oxygen atoms in total. The maximum atomic E-state index is 4.48. The number of fused-ring (bicyclic) bond motifs is 1. The fourth-order valence-electron chi connectivity index (χ4n) is 11.5. The van der Waals surface area contributed by atoms with Crippen LogP contribution in [0.15, 0.2) is 249 Å². The van der Waals surface area contributed by atoms with E-state index in [1.54, 1.807) is 0 Å². The van der Waals surface area contributed by atoms with Crippen LogP contribution in [0.4, 0.5) is 11.4 Å². The summed E-state index contributed by atoms with van der Waals surface area (Å²) >= 11 is 1.82. The fraction of sp³-hybridized carbons (Fsp3) is 0.365. The van der Waals surface area contributed by atoms with E-state index in [-0.39, 0.29) is 0 Å². The van der Waals surface area contributed by atoms with Crippen LogP contribution in [0.5, 0.6) is 0 Å². The van der Waals surface area contributed by atoms with E-state index in [1.165, 1.54) is 38.5 Å². The molecule has 552 valence electrons. The first kappa shape index (κ1) is 82.3. The van der Waals surface area contributed by atoms with Gasteiger partial charge >= 0.3 is 0 Å². The van der Waals surface area contributed by atoms with Crippen molar-refractivity contribution in [3.63, 3.8) is 0 Å². The fourth-order valence-corrected chi connectivity index (χ4v) is 12.2. The standard InChI is InChI=1S/C20H24N4.C18H25N3.C14H17N3.C13H16N2S.C10H24N4.C10H10N2/c1-2-21-20-11-4-3-8-17(20)14-24(16-19-10-7-13-23-19)15-18-9-5-6-12-22-18;1-19-13-16-21(14-10-17-7-3-2-4-8-17)15-11-18-9-5-6-12-20-18;1-2-17(11-13-7-3-5-9-15-13)12-14-8-4-6-10-16-14;1-2-15(11-13-7-5-9-16-13)10-12-6-3-4-8-14-12;1-2-14-9-7-12-5-3-11-4-6-13-8-10-14;1-11-9-6-2-4-8-5-3-7-12-10(8)9/h3-13,21,23H,2,14-16H2,1H3;2-9,12,19H,10-11,13-16H2,1H3;3-10H,2,11-12H2,1H3;3-9H,2,10-11H2,1H3;11-13H,2-10H2,1H3;2-7,11H,1H3. The second kappa shape index (κ2) is 52.1. The lowest BCUT2D eigenvalue weighted by Crippen LogP contribution is -2.41. The summed E-state index contributed by atoms with van der Waals surface area (Å²) < 4.78 is 0. The average molecular weight is 1420 g/mol. The number of H-pyrrole nitrogens is 1. The molecule has 0 spiro atoms. The number of nitrogens with one attached hydrogen (secondary N) is 7. The monoisotopic (exact) mass is 1420 g/mol. The zero-order valence-corrected chi connectivity index (χ0v) is 63.5. The van der Waals surface area contributed by atoms with Crippen LogP contribution in [0.25, 0.3) is 10.9 Å². The van der Waals surface area contributed by atoms with E-state index in [0.29, 0.717) is 0 Å². The molecule has 3 aromatic carbocycles. The van der Waals surface area contributed by atoms with Crippen LogP contribution in [-0.2, 0) is 58.7 Å². The first-order chi connectivity index (χ1) is 51.3. The van der Waals surface area contributed by atoms with Crippen molar-refractivity contribution in [1.82, 2.24) is 80.7 Å². The smallest absolute Gasteiger partial charge is 0.0933 e. The summed E-state index contributed by atoms with van der Waals surface area (Å²) in [4.78, 5) is 43.1. The molecule has 0 radical (unpaired) electrons. The molecule has 0 aliphatic carbocycles. The van der Waals surface area contributed by atoms with Crippen molar-refractivity contribution in [2.75, 3.05) is 129 Å². The largest absolute Gasteiger partial charge is 0.386 e. The summed E-state index contributed by atoms with van der Waals surface area (Å²) in [5.74, 6) is 0. The van der Waals surface area contributed by atoms with Crippen LogP contribution in [0.1, 0.15) is 77.9 Å². The van der Waals surface area contributed by atoms with Gasteiger partial charge in [0.15, 0.2) is 0 Å². The highest BCUT2D eigenvalue weighted by molar-refractivity contribution is 7.09. The minimum atomic E-state index is 0.820. The highest BCUT2D eigenvalue weighted by Gasteiger charge is 2.14. The average Bonchev–Trinajstić information content (AvgIpc) is 1.01. The van der Waals surface area contributed by atoms with Gasteiger partial charge in [-0.2, -0.15) is 0 Å². The van der Waals surface area contributed by atoms with Crippen molar-refractivity contribution in [3.8, 4) is 0 Å². The van der Waals surface area contributed by atoms with Crippen molar-refractivity contribution in [3.05, 3.63) is 299 Å². The molecular weight excluding hydrogens is 1310 g/mol. The van der Waals surface area contributed by atoms with E-state index in [4.69, 9.17) is 0 Å². The molecule has 8 aromatic heterocycles. The van der Waals surface area contributed by atoms with E-state index in [1.807, 2.05) is 148 Å². The highest BCUT2D eigenvalue weighted by atomic mass is 32.1. The second-order valence-electron chi connectivity index (χ2n) is 25.1. The summed E-state index contributed by atoms with van der Waals surface area (Å²) in [5, 5.41) is 23.4. The van der Waals surface area contributed by atoms with Crippen molar-refractivity contribution >= 4 is 33.6 Å². The third kappa shape index (κ3) is 34.1. The number of likely N-dealkylation sites (N-methyl/N-ethyl adjacent to an activating group) is 2. The van der Waals surface area contributed by atoms with Gasteiger partial charge in [-0.3, -0.25) is 44.6 Å². The Morgan fingerprint density at radius 1 is 0.423 bits per heavy atom. The Kier molecular flexibility index (Phi) is 41.2. The van der Waals surface area contributed by atoms with Crippen LogP contribution in [0.3, 0.4) is 0 Å². The predicted molar refractivity (Wildman–Crippen MR) is 436 cm³/mol. The van der Waals surface area contributed by atoms with Crippen LogP contribution >= 0.6 is 11.3 Å². The first-order valence-corrected chi connectivity index (χ1v) is 38.1. The van der Waals surface area contributed by atoms with Crippen LogP contribution in [-0.4, -0.2) is 178 Å². The van der Waals surface area contributed by atoms with Gasteiger partial charge in [-0.1, -0.05) is 124 Å². The number of anilines is 2. The molecule has 104 heavy (non-hydrogen) atoms. The van der Waals surface area contributed by atoms with Crippen LogP contribution in [0, 0.1) is 0 Å². The summed E-state index contributed by atoms with van der Waals surface area (Å²) in [5.41, 5.74) is 12.8. The quantitative estimate of drug-likeness (QED) is 0.0235. The number of aromatic nitrogens is 7. The minimum absolute atomic E-state index is 0.820. The molecule has 9 heterocycles. The summed E-state index contributed by atoms with van der Waals surface area (Å²) in [6, 6.07) is 68.1. The molecule has 7 N–H and O–H groups in total. The molecule has 11 aromatic rings. The SMILES string of the molecule is CCN(Cc1ccccn1)Cc1ccccn1.CCN(Cc1ccccn1)Cc1cccs1.CCN1CCNCCNCCNCC1.CCNc1ccccc1CN(Cc1ccccn1)Cc1ccc[nH]1.CNCCN(CCc1ccccc1)CCc1ccccn1.CNc1cccc2cccnc12. The van der Waals surface area contributed by atoms with Gasteiger partial charge in [-0.15, -0.1) is 11.3 Å². The van der Waals surface area contributed by atoms with Crippen molar-refractivity contribution < 1.29 is 0 Å². The normalized spacial score (nSPS) is 12.5.